The lowest BCUT2D eigenvalue weighted by Crippen LogP contribution is -1.90. The third-order valence-electron chi connectivity index (χ3n) is 2.43. The van der Waals surface area contributed by atoms with Crippen LogP contribution in [-0.2, 0) is 9.05 Å². The van der Waals surface area contributed by atoms with E-state index in [9.17, 15) is 8.42 Å². The Kier molecular flexibility index (Phi) is 2.28. The minimum absolute atomic E-state index is 0.0258. The summed E-state index contributed by atoms with van der Waals surface area (Å²) in [6, 6.07) is 4.90. The Morgan fingerprint density at radius 1 is 1.27 bits per heavy atom. The maximum absolute atomic E-state index is 11.3. The molecule has 15 heavy (non-hydrogen) atoms. The van der Waals surface area contributed by atoms with E-state index in [1.54, 1.807) is 13.0 Å². The second kappa shape index (κ2) is 3.25. The van der Waals surface area contributed by atoms with Crippen LogP contribution in [0.3, 0.4) is 0 Å². The largest absolute Gasteiger partial charge is 0.460 e. The summed E-state index contributed by atoms with van der Waals surface area (Å²) in [6.07, 6.45) is 0. The molecule has 0 amide bonds. The van der Waals surface area contributed by atoms with E-state index in [0.29, 0.717) is 11.3 Å². The van der Waals surface area contributed by atoms with Crippen molar-refractivity contribution >= 4 is 30.7 Å². The highest BCUT2D eigenvalue weighted by molar-refractivity contribution is 8.13. The number of hydrogen-bond acceptors (Lipinski definition) is 3. The molecule has 0 atom stereocenters. The van der Waals surface area contributed by atoms with Gasteiger partial charge in [-0.05, 0) is 25.5 Å². The summed E-state index contributed by atoms with van der Waals surface area (Å²) in [7, 11) is 1.56. The monoisotopic (exact) mass is 244 g/mol. The summed E-state index contributed by atoms with van der Waals surface area (Å²) in [5.41, 5.74) is 1.27. The lowest BCUT2D eigenvalue weighted by Gasteiger charge is -1.96. The van der Waals surface area contributed by atoms with Gasteiger partial charge in [-0.3, -0.25) is 0 Å². The molecule has 1 aromatic carbocycles. The van der Waals surface area contributed by atoms with E-state index in [1.165, 1.54) is 6.07 Å². The molecule has 0 fully saturated rings. The zero-order chi connectivity index (χ0) is 11.2. The predicted molar refractivity (Wildman–Crippen MR) is 58.7 cm³/mol. The van der Waals surface area contributed by atoms with Crippen LogP contribution < -0.4 is 0 Å². The summed E-state index contributed by atoms with van der Waals surface area (Å²) >= 11 is 0. The first-order valence-electron chi connectivity index (χ1n) is 4.34. The number of para-hydroxylation sites is 1. The Labute approximate surface area is 92.1 Å². The third kappa shape index (κ3) is 1.64. The predicted octanol–water partition coefficient (Wildman–Crippen LogP) is 2.98. The van der Waals surface area contributed by atoms with Crippen molar-refractivity contribution in [1.29, 1.82) is 0 Å². The molecule has 0 N–H and O–H groups in total. The maximum Gasteiger partial charge on any atom is 0.265 e. The second-order valence-electron chi connectivity index (χ2n) is 3.35. The Morgan fingerprint density at radius 2 is 1.93 bits per heavy atom. The zero-order valence-electron chi connectivity index (χ0n) is 8.24. The molecule has 1 aromatic heterocycles. The molecule has 5 heteroatoms. The highest BCUT2D eigenvalue weighted by Crippen LogP contribution is 2.31. The topological polar surface area (TPSA) is 47.3 Å². The van der Waals surface area contributed by atoms with Gasteiger partial charge >= 0.3 is 0 Å². The number of furan rings is 1. The van der Waals surface area contributed by atoms with Crippen LogP contribution in [0, 0.1) is 13.8 Å². The van der Waals surface area contributed by atoms with Gasteiger partial charge in [0.1, 0.15) is 10.7 Å². The molecule has 3 nitrogen and oxygen atoms in total. The average molecular weight is 245 g/mol. The fraction of sp³-hybridized carbons (Fsp3) is 0.200. The SMILES string of the molecule is Cc1oc2c(S(=O)(=O)Cl)cccc2c1C. The van der Waals surface area contributed by atoms with Crippen LogP contribution in [0.2, 0.25) is 0 Å². The van der Waals surface area contributed by atoms with E-state index in [1.807, 2.05) is 13.0 Å². The van der Waals surface area contributed by atoms with Crippen molar-refractivity contribution < 1.29 is 12.8 Å². The van der Waals surface area contributed by atoms with Gasteiger partial charge in [0.05, 0.1) is 0 Å². The van der Waals surface area contributed by atoms with Crippen molar-refractivity contribution in [2.75, 3.05) is 0 Å². The van der Waals surface area contributed by atoms with Crippen molar-refractivity contribution in [3.8, 4) is 0 Å². The summed E-state index contributed by atoms with van der Waals surface area (Å²) in [5.74, 6) is 0.706. The Bertz CT molecular complexity index is 625. The average Bonchev–Trinajstić information content (AvgIpc) is 2.41. The summed E-state index contributed by atoms with van der Waals surface area (Å²) in [4.78, 5) is 0.0258. The number of rotatable bonds is 1. The highest BCUT2D eigenvalue weighted by Gasteiger charge is 2.18. The molecule has 80 valence electrons. The van der Waals surface area contributed by atoms with E-state index < -0.39 is 9.05 Å². The lowest BCUT2D eigenvalue weighted by molar-refractivity contribution is 0.564. The van der Waals surface area contributed by atoms with Gasteiger partial charge in [0.25, 0.3) is 9.05 Å². The quantitative estimate of drug-likeness (QED) is 0.725. The zero-order valence-corrected chi connectivity index (χ0v) is 9.82. The molecule has 0 bridgehead atoms. The molecule has 0 saturated carbocycles. The van der Waals surface area contributed by atoms with E-state index in [0.717, 1.165) is 10.9 Å². The molecule has 2 aromatic rings. The highest BCUT2D eigenvalue weighted by atomic mass is 35.7. The van der Waals surface area contributed by atoms with Crippen LogP contribution in [0.25, 0.3) is 11.0 Å². The van der Waals surface area contributed by atoms with Crippen molar-refractivity contribution in [2.45, 2.75) is 18.7 Å². The van der Waals surface area contributed by atoms with E-state index in [-0.39, 0.29) is 4.90 Å². The van der Waals surface area contributed by atoms with Crippen molar-refractivity contribution in [3.05, 3.63) is 29.5 Å². The van der Waals surface area contributed by atoms with Gasteiger partial charge in [0, 0.05) is 16.1 Å². The Morgan fingerprint density at radius 3 is 2.53 bits per heavy atom. The molecule has 0 aliphatic carbocycles. The molecule has 0 unspecified atom stereocenters. The van der Waals surface area contributed by atoms with Crippen molar-refractivity contribution in [2.24, 2.45) is 0 Å². The molecule has 0 radical (unpaired) electrons. The molecule has 0 aliphatic heterocycles. The number of aryl methyl sites for hydroxylation is 2. The molecule has 0 spiro atoms. The molecule has 2 rings (SSSR count). The second-order valence-corrected chi connectivity index (χ2v) is 5.89. The Balaban J connectivity index is 2.96. The summed E-state index contributed by atoms with van der Waals surface area (Å²) < 4.78 is 27.9. The van der Waals surface area contributed by atoms with Gasteiger partial charge in [0.2, 0.25) is 0 Å². The first-order valence-corrected chi connectivity index (χ1v) is 6.65. The number of hydrogen-bond donors (Lipinski definition) is 0. The van der Waals surface area contributed by atoms with Crippen LogP contribution in [0.1, 0.15) is 11.3 Å². The minimum Gasteiger partial charge on any atom is -0.460 e. The van der Waals surface area contributed by atoms with Gasteiger partial charge < -0.3 is 4.42 Å². The van der Waals surface area contributed by atoms with Crippen LogP contribution in [0.5, 0.6) is 0 Å². The molecular formula is C10H9ClO3S. The normalized spacial score (nSPS) is 12.2. The van der Waals surface area contributed by atoms with E-state index in [2.05, 4.69) is 0 Å². The van der Waals surface area contributed by atoms with Gasteiger partial charge in [0.15, 0.2) is 5.58 Å². The van der Waals surface area contributed by atoms with Crippen molar-refractivity contribution in [3.63, 3.8) is 0 Å². The van der Waals surface area contributed by atoms with Gasteiger partial charge in [-0.15, -0.1) is 0 Å². The molecule has 1 heterocycles. The maximum atomic E-state index is 11.3. The van der Waals surface area contributed by atoms with Gasteiger partial charge in [-0.1, -0.05) is 12.1 Å². The molecular weight excluding hydrogens is 236 g/mol. The standard InChI is InChI=1S/C10H9ClO3S/c1-6-7(2)14-10-8(6)4-3-5-9(10)15(11,12)13/h3-5H,1-2H3. The van der Waals surface area contributed by atoms with Crippen molar-refractivity contribution in [1.82, 2.24) is 0 Å². The first-order chi connectivity index (χ1) is 6.91. The van der Waals surface area contributed by atoms with E-state index >= 15 is 0 Å². The fourth-order valence-electron chi connectivity index (χ4n) is 1.53. The molecule has 0 aliphatic rings. The van der Waals surface area contributed by atoms with Gasteiger partial charge in [-0.25, -0.2) is 8.42 Å². The summed E-state index contributed by atoms with van der Waals surface area (Å²) in [5, 5.41) is 0.786. The van der Waals surface area contributed by atoms with Crippen LogP contribution in [0.15, 0.2) is 27.5 Å². The fourth-order valence-corrected chi connectivity index (χ4v) is 2.51. The van der Waals surface area contributed by atoms with Gasteiger partial charge in [-0.2, -0.15) is 0 Å². The lowest BCUT2D eigenvalue weighted by atomic mass is 10.1. The third-order valence-corrected chi connectivity index (χ3v) is 3.77. The minimum atomic E-state index is -3.75. The van der Waals surface area contributed by atoms with Crippen LogP contribution >= 0.6 is 10.7 Å². The molecule has 0 saturated heterocycles. The Hall–Kier alpha value is -1.00. The first kappa shape index (κ1) is 10.5. The van der Waals surface area contributed by atoms with Crippen LogP contribution in [0.4, 0.5) is 0 Å². The number of halogens is 1. The van der Waals surface area contributed by atoms with Crippen LogP contribution in [-0.4, -0.2) is 8.42 Å². The number of fused-ring (bicyclic) bond motifs is 1. The number of benzene rings is 1. The summed E-state index contributed by atoms with van der Waals surface area (Å²) in [6.45, 7) is 3.67. The van der Waals surface area contributed by atoms with E-state index in [4.69, 9.17) is 15.1 Å². The smallest absolute Gasteiger partial charge is 0.265 e.